The Bertz CT molecular complexity index is 1070. The molecule has 0 aliphatic heterocycles. The Balaban J connectivity index is 1.48. The summed E-state index contributed by atoms with van der Waals surface area (Å²) in [5.41, 5.74) is 3.58. The Hall–Kier alpha value is -2.72. The number of carbonyl (C=O) groups is 1. The lowest BCUT2D eigenvalue weighted by Gasteiger charge is -2.19. The van der Waals surface area contributed by atoms with Gasteiger partial charge in [0.15, 0.2) is 0 Å². The van der Waals surface area contributed by atoms with Crippen molar-refractivity contribution in [3.63, 3.8) is 0 Å². The number of anilines is 1. The van der Waals surface area contributed by atoms with E-state index in [1.54, 1.807) is 13.8 Å². The largest absolute Gasteiger partial charge is 0.335 e. The van der Waals surface area contributed by atoms with Crippen LogP contribution in [0.1, 0.15) is 37.0 Å². The lowest BCUT2D eigenvalue weighted by atomic mass is 9.85. The first-order valence-electron chi connectivity index (χ1n) is 11.4. The number of hydrogen-bond acceptors (Lipinski definition) is 4. The molecule has 0 radical (unpaired) electrons. The van der Waals surface area contributed by atoms with E-state index in [9.17, 15) is 9.36 Å². The molecule has 0 saturated heterocycles. The van der Waals surface area contributed by atoms with Gasteiger partial charge in [-0.2, -0.15) is 0 Å². The zero-order valence-corrected chi connectivity index (χ0v) is 20.0. The van der Waals surface area contributed by atoms with Crippen LogP contribution in [-0.2, 0) is 30.0 Å². The van der Waals surface area contributed by atoms with Crippen LogP contribution in [0, 0.1) is 5.92 Å². The highest BCUT2D eigenvalue weighted by molar-refractivity contribution is 7.53. The molecule has 4 rings (SSSR count). The first kappa shape index (κ1) is 23.4. The van der Waals surface area contributed by atoms with Crippen molar-refractivity contribution in [1.82, 2.24) is 0 Å². The molecule has 0 heterocycles. The summed E-state index contributed by atoms with van der Waals surface area (Å²) in [6.07, 6.45) is 0.980. The molecule has 0 spiro atoms. The summed E-state index contributed by atoms with van der Waals surface area (Å²) in [5.74, 6) is -0.136. The molecule has 1 saturated carbocycles. The first-order chi connectivity index (χ1) is 16.0. The molecule has 1 unspecified atom stereocenters. The van der Waals surface area contributed by atoms with E-state index >= 15 is 0 Å². The highest BCUT2D eigenvalue weighted by Crippen LogP contribution is 2.59. The van der Waals surface area contributed by atoms with E-state index in [4.69, 9.17) is 9.05 Å². The summed E-state index contributed by atoms with van der Waals surface area (Å²) < 4.78 is 23.5. The van der Waals surface area contributed by atoms with Gasteiger partial charge >= 0.3 is 7.60 Å². The Morgan fingerprint density at radius 1 is 0.879 bits per heavy atom. The zero-order valence-electron chi connectivity index (χ0n) is 19.1. The predicted molar refractivity (Wildman–Crippen MR) is 131 cm³/mol. The molecule has 1 fully saturated rings. The topological polar surface area (TPSA) is 64.6 Å². The molecular weight excluding hydrogens is 433 g/mol. The SMILES string of the molecule is CCOP(=O)(Cc1ccc(NC(=O)C2CC2(c2ccccc2)c2ccccc2)cc1)OCC. The predicted octanol–water partition coefficient (Wildman–Crippen LogP) is 6.40. The van der Waals surface area contributed by atoms with Crippen LogP contribution < -0.4 is 5.32 Å². The van der Waals surface area contributed by atoms with Gasteiger partial charge in [-0.25, -0.2) is 0 Å². The molecule has 172 valence electrons. The number of carbonyl (C=O) groups excluding carboxylic acids is 1. The molecule has 1 N–H and O–H groups in total. The molecule has 3 aromatic carbocycles. The highest BCUT2D eigenvalue weighted by atomic mass is 31.2. The number of rotatable bonds is 10. The molecule has 3 aromatic rings. The summed E-state index contributed by atoms with van der Waals surface area (Å²) >= 11 is 0. The van der Waals surface area contributed by atoms with Gasteiger partial charge in [0.2, 0.25) is 5.91 Å². The minimum Gasteiger partial charge on any atom is -0.326 e. The summed E-state index contributed by atoms with van der Waals surface area (Å²) in [6.45, 7) is 4.26. The molecule has 0 bridgehead atoms. The van der Waals surface area contributed by atoms with Crippen molar-refractivity contribution in [2.45, 2.75) is 31.8 Å². The minimum atomic E-state index is -3.16. The third-order valence-corrected chi connectivity index (χ3v) is 8.16. The molecule has 0 aromatic heterocycles. The summed E-state index contributed by atoms with van der Waals surface area (Å²) in [4.78, 5) is 13.2. The van der Waals surface area contributed by atoms with Gasteiger partial charge in [0.1, 0.15) is 0 Å². The van der Waals surface area contributed by atoms with Gasteiger partial charge in [-0.1, -0.05) is 72.8 Å². The third kappa shape index (κ3) is 5.11. The lowest BCUT2D eigenvalue weighted by Crippen LogP contribution is -2.22. The second-order valence-corrected chi connectivity index (χ2v) is 10.3. The van der Waals surface area contributed by atoms with Gasteiger partial charge in [0.25, 0.3) is 0 Å². The third-order valence-electron chi connectivity index (χ3n) is 6.10. The van der Waals surface area contributed by atoms with Crippen molar-refractivity contribution < 1.29 is 18.4 Å². The quantitative estimate of drug-likeness (QED) is 0.354. The van der Waals surface area contributed by atoms with Crippen LogP contribution in [0.25, 0.3) is 0 Å². The van der Waals surface area contributed by atoms with Gasteiger partial charge in [0.05, 0.1) is 25.3 Å². The summed E-state index contributed by atoms with van der Waals surface area (Å²) in [6, 6.07) is 27.9. The smallest absolute Gasteiger partial charge is 0.326 e. The van der Waals surface area contributed by atoms with Gasteiger partial charge in [-0.3, -0.25) is 9.36 Å². The van der Waals surface area contributed by atoms with Gasteiger partial charge in [-0.05, 0) is 49.1 Å². The Morgan fingerprint density at radius 2 is 1.39 bits per heavy atom. The number of nitrogens with one attached hydrogen (secondary N) is 1. The molecule has 6 heteroatoms. The molecule has 1 amide bonds. The van der Waals surface area contributed by atoms with E-state index in [2.05, 4.69) is 29.6 Å². The van der Waals surface area contributed by atoms with Crippen LogP contribution >= 0.6 is 7.60 Å². The standard InChI is InChI=1S/C27H30NO4P/c1-3-31-33(30,32-4-2)20-21-15-17-24(18-16-21)28-26(29)25-19-27(25,22-11-7-5-8-12-22)23-13-9-6-10-14-23/h5-18,25H,3-4,19-20H2,1-2H3,(H,28,29). The second kappa shape index (κ2) is 10.0. The average Bonchev–Trinajstić information content (AvgIpc) is 3.59. The minimum absolute atomic E-state index is 0.00441. The average molecular weight is 464 g/mol. The fourth-order valence-electron chi connectivity index (χ4n) is 4.52. The van der Waals surface area contributed by atoms with E-state index in [0.29, 0.717) is 18.9 Å². The van der Waals surface area contributed by atoms with Gasteiger partial charge < -0.3 is 14.4 Å². The molecule has 1 aliphatic rings. The molecular formula is C27H30NO4P. The molecule has 1 aliphatic carbocycles. The fraction of sp³-hybridized carbons (Fsp3) is 0.296. The van der Waals surface area contributed by atoms with Crippen LogP contribution in [0.5, 0.6) is 0 Å². The number of hydrogen-bond donors (Lipinski definition) is 1. The first-order valence-corrected chi connectivity index (χ1v) is 13.1. The maximum absolute atomic E-state index is 13.2. The van der Waals surface area contributed by atoms with E-state index < -0.39 is 7.60 Å². The second-order valence-electron chi connectivity index (χ2n) is 8.25. The molecule has 33 heavy (non-hydrogen) atoms. The van der Waals surface area contributed by atoms with Crippen molar-refractivity contribution in [3.8, 4) is 0 Å². The van der Waals surface area contributed by atoms with Crippen LogP contribution in [0.2, 0.25) is 0 Å². The normalized spacial score (nSPS) is 16.8. The Morgan fingerprint density at radius 3 is 1.88 bits per heavy atom. The maximum Gasteiger partial charge on any atom is 0.335 e. The number of benzene rings is 3. The van der Waals surface area contributed by atoms with Gasteiger partial charge in [-0.15, -0.1) is 0 Å². The van der Waals surface area contributed by atoms with E-state index in [-0.39, 0.29) is 23.4 Å². The van der Waals surface area contributed by atoms with Crippen molar-refractivity contribution in [2.24, 2.45) is 5.92 Å². The van der Waals surface area contributed by atoms with Crippen molar-refractivity contribution >= 4 is 19.2 Å². The summed E-state index contributed by atoms with van der Waals surface area (Å²) in [7, 11) is -3.16. The van der Waals surface area contributed by atoms with Crippen LogP contribution in [0.4, 0.5) is 5.69 Å². The van der Waals surface area contributed by atoms with Crippen molar-refractivity contribution in [1.29, 1.82) is 0 Å². The Kier molecular flexibility index (Phi) is 7.14. The van der Waals surface area contributed by atoms with E-state index in [1.807, 2.05) is 60.7 Å². The number of amides is 1. The lowest BCUT2D eigenvalue weighted by molar-refractivity contribution is -0.117. The van der Waals surface area contributed by atoms with Crippen molar-refractivity contribution in [2.75, 3.05) is 18.5 Å². The Labute approximate surface area is 195 Å². The maximum atomic E-state index is 13.2. The zero-order chi connectivity index (χ0) is 23.3. The van der Waals surface area contributed by atoms with Crippen LogP contribution in [0.3, 0.4) is 0 Å². The van der Waals surface area contributed by atoms with Gasteiger partial charge in [0, 0.05) is 11.1 Å². The van der Waals surface area contributed by atoms with E-state index in [1.165, 1.54) is 0 Å². The van der Waals surface area contributed by atoms with Crippen molar-refractivity contribution in [3.05, 3.63) is 102 Å². The fourth-order valence-corrected chi connectivity index (χ4v) is 6.23. The highest BCUT2D eigenvalue weighted by Gasteiger charge is 2.60. The summed E-state index contributed by atoms with van der Waals surface area (Å²) in [5, 5.41) is 3.07. The van der Waals surface area contributed by atoms with Crippen LogP contribution in [0.15, 0.2) is 84.9 Å². The molecule has 1 atom stereocenters. The molecule has 5 nitrogen and oxygen atoms in total. The monoisotopic (exact) mass is 463 g/mol. The van der Waals surface area contributed by atoms with Crippen LogP contribution in [-0.4, -0.2) is 19.1 Å². The van der Waals surface area contributed by atoms with E-state index in [0.717, 1.165) is 23.1 Å².